The van der Waals surface area contributed by atoms with Crippen LogP contribution in [0.2, 0.25) is 0 Å². The highest BCUT2D eigenvalue weighted by Crippen LogP contribution is 2.25. The van der Waals surface area contributed by atoms with Gasteiger partial charge in [0.1, 0.15) is 23.1 Å². The predicted molar refractivity (Wildman–Crippen MR) is 84.7 cm³/mol. The molecule has 2 aromatic rings. The van der Waals surface area contributed by atoms with Gasteiger partial charge in [0.15, 0.2) is 0 Å². The van der Waals surface area contributed by atoms with Crippen LogP contribution in [0.3, 0.4) is 0 Å². The van der Waals surface area contributed by atoms with Crippen LogP contribution in [0.25, 0.3) is 0 Å². The van der Waals surface area contributed by atoms with Crippen molar-refractivity contribution in [3.63, 3.8) is 0 Å². The normalized spacial score (nSPS) is 15.1. The SMILES string of the molecule is CCCNc1snnc1CN1CCOc2ccccc2C1. The third-order valence-corrected chi connectivity index (χ3v) is 4.22. The minimum Gasteiger partial charge on any atom is -0.492 e. The van der Waals surface area contributed by atoms with Crippen molar-refractivity contribution in [3.05, 3.63) is 35.5 Å². The summed E-state index contributed by atoms with van der Waals surface area (Å²) in [5.41, 5.74) is 2.27. The molecule has 1 N–H and O–H groups in total. The van der Waals surface area contributed by atoms with Crippen LogP contribution in [0.5, 0.6) is 5.75 Å². The minimum absolute atomic E-state index is 0.715. The van der Waals surface area contributed by atoms with E-state index in [0.717, 1.165) is 49.0 Å². The molecule has 2 heterocycles. The first-order valence-electron chi connectivity index (χ1n) is 7.35. The molecule has 5 nitrogen and oxygen atoms in total. The van der Waals surface area contributed by atoms with E-state index in [-0.39, 0.29) is 0 Å². The molecule has 1 aliphatic heterocycles. The maximum atomic E-state index is 5.80. The summed E-state index contributed by atoms with van der Waals surface area (Å²) in [6.45, 7) is 6.43. The summed E-state index contributed by atoms with van der Waals surface area (Å²) in [7, 11) is 0. The Kier molecular flexibility index (Phi) is 4.67. The summed E-state index contributed by atoms with van der Waals surface area (Å²) in [4.78, 5) is 2.36. The van der Waals surface area contributed by atoms with Crippen LogP contribution in [0, 0.1) is 0 Å². The molecule has 112 valence electrons. The number of ether oxygens (including phenoxy) is 1. The zero-order chi connectivity index (χ0) is 14.5. The van der Waals surface area contributed by atoms with E-state index in [1.165, 1.54) is 17.1 Å². The molecule has 0 radical (unpaired) electrons. The van der Waals surface area contributed by atoms with Gasteiger partial charge in [0.05, 0.1) is 0 Å². The number of nitrogens with zero attached hydrogens (tertiary/aromatic N) is 3. The summed E-state index contributed by atoms with van der Waals surface area (Å²) in [5.74, 6) is 1.00. The second-order valence-electron chi connectivity index (χ2n) is 5.14. The molecule has 0 saturated heterocycles. The molecular formula is C15H20N4OS. The molecule has 0 aliphatic carbocycles. The molecule has 6 heteroatoms. The zero-order valence-electron chi connectivity index (χ0n) is 12.2. The Morgan fingerprint density at radius 1 is 1.38 bits per heavy atom. The van der Waals surface area contributed by atoms with Gasteiger partial charge in [-0.15, -0.1) is 5.10 Å². The number of benzene rings is 1. The van der Waals surface area contributed by atoms with E-state index in [9.17, 15) is 0 Å². The lowest BCUT2D eigenvalue weighted by atomic mass is 10.2. The van der Waals surface area contributed by atoms with Crippen LogP contribution < -0.4 is 10.1 Å². The molecule has 0 unspecified atom stereocenters. The largest absolute Gasteiger partial charge is 0.492 e. The third-order valence-electron chi connectivity index (χ3n) is 3.50. The zero-order valence-corrected chi connectivity index (χ0v) is 13.0. The van der Waals surface area contributed by atoms with Crippen molar-refractivity contribution >= 4 is 16.5 Å². The molecule has 0 bridgehead atoms. The summed E-state index contributed by atoms with van der Waals surface area (Å²) < 4.78 is 9.88. The number of anilines is 1. The van der Waals surface area contributed by atoms with E-state index in [1.54, 1.807) is 0 Å². The van der Waals surface area contributed by atoms with E-state index in [1.807, 2.05) is 12.1 Å². The number of nitrogens with one attached hydrogen (secondary N) is 1. The Balaban J connectivity index is 1.69. The van der Waals surface area contributed by atoms with Crippen molar-refractivity contribution in [2.45, 2.75) is 26.4 Å². The van der Waals surface area contributed by atoms with Gasteiger partial charge in [0.25, 0.3) is 0 Å². The smallest absolute Gasteiger partial charge is 0.134 e. The first-order chi connectivity index (χ1) is 10.4. The molecule has 3 rings (SSSR count). The van der Waals surface area contributed by atoms with Gasteiger partial charge in [0, 0.05) is 43.3 Å². The monoisotopic (exact) mass is 304 g/mol. The Morgan fingerprint density at radius 3 is 3.19 bits per heavy atom. The van der Waals surface area contributed by atoms with Gasteiger partial charge < -0.3 is 10.1 Å². The molecule has 1 aromatic heterocycles. The lowest BCUT2D eigenvalue weighted by Gasteiger charge is -2.18. The second kappa shape index (κ2) is 6.87. The first kappa shape index (κ1) is 14.3. The first-order valence-corrected chi connectivity index (χ1v) is 8.12. The summed E-state index contributed by atoms with van der Waals surface area (Å²) >= 11 is 1.44. The number of rotatable bonds is 5. The lowest BCUT2D eigenvalue weighted by molar-refractivity contribution is 0.218. The fourth-order valence-corrected chi connectivity index (χ4v) is 3.01. The standard InChI is InChI=1S/C15H20N4OS/c1-2-7-16-15-13(17-18-21-15)11-19-8-9-20-14-6-4-3-5-12(14)10-19/h3-6,16H,2,7-11H2,1H3. The molecule has 0 amide bonds. The van der Waals surface area contributed by atoms with E-state index < -0.39 is 0 Å². The van der Waals surface area contributed by atoms with Crippen LogP contribution >= 0.6 is 11.5 Å². The topological polar surface area (TPSA) is 50.3 Å². The average Bonchev–Trinajstić information content (AvgIpc) is 2.83. The Labute approximate surface area is 129 Å². The molecule has 0 spiro atoms. The van der Waals surface area contributed by atoms with Crippen molar-refractivity contribution in [1.29, 1.82) is 0 Å². The Morgan fingerprint density at radius 2 is 2.29 bits per heavy atom. The summed E-state index contributed by atoms with van der Waals surface area (Å²) in [6, 6.07) is 8.25. The molecular weight excluding hydrogens is 284 g/mol. The lowest BCUT2D eigenvalue weighted by Crippen LogP contribution is -2.25. The van der Waals surface area contributed by atoms with E-state index in [0.29, 0.717) is 6.61 Å². The number of hydrogen-bond acceptors (Lipinski definition) is 6. The highest BCUT2D eigenvalue weighted by Gasteiger charge is 2.18. The van der Waals surface area contributed by atoms with E-state index >= 15 is 0 Å². The third kappa shape index (κ3) is 3.51. The van der Waals surface area contributed by atoms with Crippen LogP contribution in [0.4, 0.5) is 5.00 Å². The summed E-state index contributed by atoms with van der Waals surface area (Å²) in [6.07, 6.45) is 1.10. The van der Waals surface area contributed by atoms with Gasteiger partial charge in [-0.3, -0.25) is 4.90 Å². The number of hydrogen-bond donors (Lipinski definition) is 1. The number of aromatic nitrogens is 2. The predicted octanol–water partition coefficient (Wildman–Crippen LogP) is 2.75. The molecule has 0 atom stereocenters. The van der Waals surface area contributed by atoms with Crippen LogP contribution in [-0.2, 0) is 13.1 Å². The van der Waals surface area contributed by atoms with E-state index in [4.69, 9.17) is 4.74 Å². The highest BCUT2D eigenvalue weighted by molar-refractivity contribution is 7.10. The van der Waals surface area contributed by atoms with Crippen molar-refractivity contribution in [2.75, 3.05) is 25.0 Å². The van der Waals surface area contributed by atoms with Crippen molar-refractivity contribution < 1.29 is 4.74 Å². The van der Waals surface area contributed by atoms with Gasteiger partial charge in [-0.1, -0.05) is 29.6 Å². The van der Waals surface area contributed by atoms with Crippen molar-refractivity contribution in [2.24, 2.45) is 0 Å². The fraction of sp³-hybridized carbons (Fsp3) is 0.467. The summed E-state index contributed by atoms with van der Waals surface area (Å²) in [5, 5.41) is 8.77. The average molecular weight is 304 g/mol. The van der Waals surface area contributed by atoms with E-state index in [2.05, 4.69) is 38.9 Å². The van der Waals surface area contributed by atoms with Crippen LogP contribution in [0.15, 0.2) is 24.3 Å². The number of para-hydroxylation sites is 1. The molecule has 1 aliphatic rings. The highest BCUT2D eigenvalue weighted by atomic mass is 32.1. The Bertz CT molecular complexity index is 587. The van der Waals surface area contributed by atoms with Crippen LogP contribution in [-0.4, -0.2) is 34.2 Å². The van der Waals surface area contributed by atoms with Gasteiger partial charge in [-0.05, 0) is 12.5 Å². The molecule has 21 heavy (non-hydrogen) atoms. The second-order valence-corrected chi connectivity index (χ2v) is 5.90. The Hall–Kier alpha value is -1.66. The van der Waals surface area contributed by atoms with Crippen LogP contribution in [0.1, 0.15) is 24.6 Å². The quantitative estimate of drug-likeness (QED) is 0.920. The van der Waals surface area contributed by atoms with Crippen molar-refractivity contribution in [1.82, 2.24) is 14.5 Å². The van der Waals surface area contributed by atoms with Gasteiger partial charge in [0.2, 0.25) is 0 Å². The van der Waals surface area contributed by atoms with Gasteiger partial charge in [-0.2, -0.15) is 0 Å². The molecule has 0 saturated carbocycles. The maximum Gasteiger partial charge on any atom is 0.134 e. The fourth-order valence-electron chi connectivity index (χ4n) is 2.41. The molecule has 0 fully saturated rings. The maximum absolute atomic E-state index is 5.80. The van der Waals surface area contributed by atoms with Gasteiger partial charge in [-0.25, -0.2) is 0 Å². The minimum atomic E-state index is 0.715. The molecule has 1 aromatic carbocycles. The van der Waals surface area contributed by atoms with Crippen molar-refractivity contribution in [3.8, 4) is 5.75 Å². The van der Waals surface area contributed by atoms with Gasteiger partial charge >= 0.3 is 0 Å². The number of fused-ring (bicyclic) bond motifs is 1.